The summed E-state index contributed by atoms with van der Waals surface area (Å²) in [5.74, 6) is 0.0739. The first-order chi connectivity index (χ1) is 17.3. The molecule has 0 amide bonds. The van der Waals surface area contributed by atoms with Crippen LogP contribution in [0.25, 0.3) is 16.6 Å². The number of fused-ring (bicyclic) bond motifs is 1. The van der Waals surface area contributed by atoms with E-state index in [1.165, 1.54) is 0 Å². The van der Waals surface area contributed by atoms with Gasteiger partial charge in [-0.3, -0.25) is 14.2 Å². The Labute approximate surface area is 208 Å². The molecular formula is C27H28N6O3. The number of hydrogen-bond acceptors (Lipinski definition) is 7. The lowest BCUT2D eigenvalue weighted by Crippen LogP contribution is -2.25. The molecule has 0 spiro atoms. The Morgan fingerprint density at radius 2 is 1.89 bits per heavy atom. The van der Waals surface area contributed by atoms with Crippen molar-refractivity contribution < 1.29 is 9.90 Å². The Morgan fingerprint density at radius 3 is 2.61 bits per heavy atom. The number of nitrogens with zero attached hydrogens (tertiary/aromatic N) is 4. The van der Waals surface area contributed by atoms with E-state index in [4.69, 9.17) is 10.7 Å². The van der Waals surface area contributed by atoms with E-state index in [0.717, 1.165) is 16.8 Å². The first-order valence-electron chi connectivity index (χ1n) is 12.0. The summed E-state index contributed by atoms with van der Waals surface area (Å²) in [5.41, 5.74) is 9.67. The molecule has 1 aliphatic rings. The van der Waals surface area contributed by atoms with Crippen LogP contribution < -0.4 is 16.6 Å². The van der Waals surface area contributed by atoms with Gasteiger partial charge >= 0.3 is 5.97 Å². The molecular weight excluding hydrogens is 456 g/mol. The Balaban J connectivity index is 1.40. The van der Waals surface area contributed by atoms with Gasteiger partial charge < -0.3 is 16.2 Å². The topological polar surface area (TPSA) is 136 Å². The number of hydrogen-bond donors (Lipinski definition) is 3. The van der Waals surface area contributed by atoms with E-state index < -0.39 is 11.9 Å². The number of aryl methyl sites for hydroxylation is 3. The number of nitrogen functional groups attached to an aromatic ring is 1. The van der Waals surface area contributed by atoms with Crippen LogP contribution in [0.15, 0.2) is 53.3 Å². The number of carbonyl (C=O) groups is 1. The van der Waals surface area contributed by atoms with Crippen LogP contribution in [0, 0.1) is 19.8 Å². The van der Waals surface area contributed by atoms with Crippen molar-refractivity contribution in [3.05, 3.63) is 81.5 Å². The summed E-state index contributed by atoms with van der Waals surface area (Å²) < 4.78 is 1.69. The highest BCUT2D eigenvalue weighted by Crippen LogP contribution is 2.50. The van der Waals surface area contributed by atoms with Gasteiger partial charge in [-0.15, -0.1) is 0 Å². The number of carboxylic acids is 1. The van der Waals surface area contributed by atoms with Crippen molar-refractivity contribution in [2.75, 3.05) is 17.6 Å². The molecule has 2 aromatic heterocycles. The normalized spacial score (nSPS) is 16.7. The van der Waals surface area contributed by atoms with Crippen molar-refractivity contribution in [3.8, 4) is 5.69 Å². The van der Waals surface area contributed by atoms with Gasteiger partial charge in [-0.2, -0.15) is 4.98 Å². The highest BCUT2D eigenvalue weighted by atomic mass is 16.4. The van der Waals surface area contributed by atoms with Crippen molar-refractivity contribution in [1.82, 2.24) is 19.5 Å². The molecule has 184 valence electrons. The minimum Gasteiger partial charge on any atom is -0.481 e. The second kappa shape index (κ2) is 9.41. The second-order valence-electron chi connectivity index (χ2n) is 9.22. The van der Waals surface area contributed by atoms with Gasteiger partial charge in [0.25, 0.3) is 5.56 Å². The predicted molar refractivity (Wildman–Crippen MR) is 139 cm³/mol. The summed E-state index contributed by atoms with van der Waals surface area (Å²) in [6, 6.07) is 15.2. The number of carboxylic acid groups (broad SMARTS) is 1. The quantitative estimate of drug-likeness (QED) is 0.323. The monoisotopic (exact) mass is 484 g/mol. The standard InChI is InChI=1S/C27H28N6O3/c1-15-8-6-11-20-22(15)25(34)33(17-9-4-3-5-10-17)21(31-20)12-7-13-29-24-23(16(2)30-27(28)32-24)18-14-19(18)26(35)36/h3-6,8-11,18-19H,7,12-14H2,1-2H3,(H,35,36)(H3,28,29,30,32). The van der Waals surface area contributed by atoms with Crippen LogP contribution in [0.4, 0.5) is 11.8 Å². The number of nitrogens with two attached hydrogens (primary N) is 1. The highest BCUT2D eigenvalue weighted by Gasteiger charge is 2.46. The summed E-state index contributed by atoms with van der Waals surface area (Å²) in [7, 11) is 0. The van der Waals surface area contributed by atoms with E-state index in [2.05, 4.69) is 15.3 Å². The van der Waals surface area contributed by atoms with Gasteiger partial charge in [0.05, 0.1) is 22.5 Å². The van der Waals surface area contributed by atoms with E-state index in [0.29, 0.717) is 54.0 Å². The molecule has 0 bridgehead atoms. The largest absolute Gasteiger partial charge is 0.481 e. The van der Waals surface area contributed by atoms with Crippen LogP contribution >= 0.6 is 0 Å². The lowest BCUT2D eigenvalue weighted by molar-refractivity contribution is -0.138. The third-order valence-corrected chi connectivity index (χ3v) is 6.69. The molecule has 1 saturated carbocycles. The zero-order valence-corrected chi connectivity index (χ0v) is 20.2. The van der Waals surface area contributed by atoms with E-state index in [1.807, 2.05) is 62.4 Å². The maximum atomic E-state index is 13.5. The average Bonchev–Trinajstić information content (AvgIpc) is 3.63. The highest BCUT2D eigenvalue weighted by molar-refractivity contribution is 5.81. The van der Waals surface area contributed by atoms with Gasteiger partial charge in [0.2, 0.25) is 5.95 Å². The van der Waals surface area contributed by atoms with Crippen LogP contribution in [0.1, 0.15) is 41.4 Å². The average molecular weight is 485 g/mol. The van der Waals surface area contributed by atoms with Gasteiger partial charge in [-0.05, 0) is 50.5 Å². The first-order valence-corrected chi connectivity index (χ1v) is 12.0. The van der Waals surface area contributed by atoms with E-state index in [-0.39, 0.29) is 17.4 Å². The lowest BCUT2D eigenvalue weighted by atomic mass is 10.1. The molecule has 5 rings (SSSR count). The maximum absolute atomic E-state index is 13.5. The predicted octanol–water partition coefficient (Wildman–Crippen LogP) is 3.61. The van der Waals surface area contributed by atoms with Crippen molar-refractivity contribution >= 4 is 28.6 Å². The number of benzene rings is 2. The van der Waals surface area contributed by atoms with E-state index >= 15 is 0 Å². The van der Waals surface area contributed by atoms with Crippen LogP contribution in [-0.2, 0) is 11.2 Å². The maximum Gasteiger partial charge on any atom is 0.307 e. The molecule has 0 radical (unpaired) electrons. The van der Waals surface area contributed by atoms with Gasteiger partial charge in [-0.1, -0.05) is 30.3 Å². The fourth-order valence-corrected chi connectivity index (χ4v) is 4.87. The van der Waals surface area contributed by atoms with E-state index in [9.17, 15) is 14.7 Å². The molecule has 4 aromatic rings. The molecule has 2 aromatic carbocycles. The fourth-order valence-electron chi connectivity index (χ4n) is 4.87. The van der Waals surface area contributed by atoms with Crippen LogP contribution in [0.3, 0.4) is 0 Å². The summed E-state index contributed by atoms with van der Waals surface area (Å²) in [4.78, 5) is 38.4. The van der Waals surface area contributed by atoms with Crippen molar-refractivity contribution in [1.29, 1.82) is 0 Å². The summed E-state index contributed by atoms with van der Waals surface area (Å²) in [5, 5.41) is 13.3. The number of para-hydroxylation sites is 1. The van der Waals surface area contributed by atoms with Gasteiger partial charge in [0.1, 0.15) is 11.6 Å². The van der Waals surface area contributed by atoms with Crippen molar-refractivity contribution in [2.24, 2.45) is 5.92 Å². The zero-order valence-electron chi connectivity index (χ0n) is 20.2. The minimum atomic E-state index is -0.807. The number of nitrogens with one attached hydrogen (secondary N) is 1. The molecule has 9 nitrogen and oxygen atoms in total. The smallest absolute Gasteiger partial charge is 0.307 e. The Morgan fingerprint density at radius 1 is 1.11 bits per heavy atom. The third-order valence-electron chi connectivity index (χ3n) is 6.69. The summed E-state index contributed by atoms with van der Waals surface area (Å²) in [6.45, 7) is 4.30. The Kier molecular flexibility index (Phi) is 6.13. The van der Waals surface area contributed by atoms with E-state index in [1.54, 1.807) is 4.57 Å². The minimum absolute atomic E-state index is 0.0813. The number of aliphatic carboxylic acids is 1. The first kappa shape index (κ1) is 23.5. The molecule has 1 fully saturated rings. The molecule has 0 aliphatic heterocycles. The van der Waals surface area contributed by atoms with Gasteiger partial charge in [0, 0.05) is 30.1 Å². The van der Waals surface area contributed by atoms with Crippen LogP contribution in [0.5, 0.6) is 0 Å². The Hall–Kier alpha value is -4.27. The molecule has 0 saturated heterocycles. The second-order valence-corrected chi connectivity index (χ2v) is 9.22. The van der Waals surface area contributed by atoms with Crippen LogP contribution in [0.2, 0.25) is 0 Å². The molecule has 2 unspecified atom stereocenters. The van der Waals surface area contributed by atoms with Crippen LogP contribution in [-0.4, -0.2) is 37.1 Å². The molecule has 36 heavy (non-hydrogen) atoms. The fraction of sp³-hybridized carbons (Fsp3) is 0.296. The number of aromatic nitrogens is 4. The number of rotatable bonds is 8. The molecule has 4 N–H and O–H groups in total. The van der Waals surface area contributed by atoms with Gasteiger partial charge in [0.15, 0.2) is 0 Å². The summed E-state index contributed by atoms with van der Waals surface area (Å²) >= 11 is 0. The zero-order chi connectivity index (χ0) is 25.4. The van der Waals surface area contributed by atoms with Crippen molar-refractivity contribution in [2.45, 2.75) is 39.0 Å². The molecule has 9 heteroatoms. The Bertz CT molecular complexity index is 1520. The SMILES string of the molecule is Cc1nc(N)nc(NCCCc2nc3cccc(C)c3c(=O)n2-c2ccccc2)c1C1CC1C(=O)O. The molecule has 2 heterocycles. The third kappa shape index (κ3) is 4.39. The molecule has 2 atom stereocenters. The molecule has 1 aliphatic carbocycles. The van der Waals surface area contributed by atoms with Gasteiger partial charge in [-0.25, -0.2) is 9.97 Å². The van der Waals surface area contributed by atoms with Crippen molar-refractivity contribution in [3.63, 3.8) is 0 Å². The lowest BCUT2D eigenvalue weighted by Gasteiger charge is -2.16. The number of anilines is 2. The summed E-state index contributed by atoms with van der Waals surface area (Å²) in [6.07, 6.45) is 1.80.